The van der Waals surface area contributed by atoms with Crippen LogP contribution in [0.1, 0.15) is 13.8 Å². The lowest BCUT2D eigenvalue weighted by Gasteiger charge is -2.27. The van der Waals surface area contributed by atoms with E-state index < -0.39 is 0 Å². The Morgan fingerprint density at radius 3 is 2.67 bits per heavy atom. The molecule has 0 amide bonds. The molecule has 2 heterocycles. The molecule has 7 heteroatoms. The first-order valence-corrected chi connectivity index (χ1v) is 8.00. The van der Waals surface area contributed by atoms with E-state index in [0.29, 0.717) is 11.9 Å². The molecule has 0 saturated carbocycles. The van der Waals surface area contributed by atoms with Crippen LogP contribution in [0.4, 0.5) is 11.8 Å². The SMILES string of the molecule is CC(C)CN(CCN(C)C)c1nc(NN)nc2sccc12. The summed E-state index contributed by atoms with van der Waals surface area (Å²) in [4.78, 5) is 14.5. The van der Waals surface area contributed by atoms with Gasteiger partial charge in [-0.05, 0) is 31.5 Å². The molecule has 0 aliphatic heterocycles. The van der Waals surface area contributed by atoms with Gasteiger partial charge in [-0.2, -0.15) is 4.98 Å². The molecule has 0 atom stereocenters. The Balaban J connectivity index is 2.39. The van der Waals surface area contributed by atoms with E-state index in [1.165, 1.54) is 0 Å². The normalized spacial score (nSPS) is 11.6. The first kappa shape index (κ1) is 15.9. The number of nitrogens with two attached hydrogens (primary N) is 1. The quantitative estimate of drug-likeness (QED) is 0.602. The number of fused-ring (bicyclic) bond motifs is 1. The fourth-order valence-electron chi connectivity index (χ4n) is 2.19. The average Bonchev–Trinajstić information content (AvgIpc) is 2.90. The lowest BCUT2D eigenvalue weighted by molar-refractivity contribution is 0.408. The second kappa shape index (κ2) is 7.02. The van der Waals surface area contributed by atoms with E-state index in [-0.39, 0.29) is 0 Å². The maximum absolute atomic E-state index is 5.50. The Morgan fingerprint density at radius 2 is 2.05 bits per heavy atom. The highest BCUT2D eigenvalue weighted by atomic mass is 32.1. The maximum atomic E-state index is 5.50. The van der Waals surface area contributed by atoms with Gasteiger partial charge < -0.3 is 9.80 Å². The fraction of sp³-hybridized carbons (Fsp3) is 0.571. The van der Waals surface area contributed by atoms with E-state index in [4.69, 9.17) is 5.84 Å². The molecule has 0 aromatic carbocycles. The molecule has 2 aromatic rings. The minimum absolute atomic E-state index is 0.471. The molecule has 21 heavy (non-hydrogen) atoms. The molecule has 2 rings (SSSR count). The van der Waals surface area contributed by atoms with Crippen LogP contribution < -0.4 is 16.2 Å². The predicted molar refractivity (Wildman–Crippen MR) is 90.8 cm³/mol. The largest absolute Gasteiger partial charge is 0.354 e. The summed E-state index contributed by atoms with van der Waals surface area (Å²) in [5, 5.41) is 3.14. The summed E-state index contributed by atoms with van der Waals surface area (Å²) >= 11 is 1.61. The summed E-state index contributed by atoms with van der Waals surface area (Å²) < 4.78 is 0. The third-order valence-electron chi connectivity index (χ3n) is 3.14. The summed E-state index contributed by atoms with van der Waals surface area (Å²) in [5.74, 6) is 7.50. The van der Waals surface area contributed by atoms with Crippen molar-refractivity contribution >= 4 is 33.3 Å². The highest BCUT2D eigenvalue weighted by molar-refractivity contribution is 7.16. The van der Waals surface area contributed by atoms with Gasteiger partial charge in [0.25, 0.3) is 0 Å². The molecular formula is C14H24N6S. The van der Waals surface area contributed by atoms with Crippen molar-refractivity contribution in [1.29, 1.82) is 0 Å². The van der Waals surface area contributed by atoms with Gasteiger partial charge in [-0.1, -0.05) is 13.8 Å². The van der Waals surface area contributed by atoms with E-state index in [2.05, 4.69) is 59.2 Å². The van der Waals surface area contributed by atoms with Crippen LogP contribution in [-0.4, -0.2) is 48.6 Å². The van der Waals surface area contributed by atoms with Crippen LogP contribution in [0.3, 0.4) is 0 Å². The van der Waals surface area contributed by atoms with Crippen molar-refractivity contribution in [2.24, 2.45) is 11.8 Å². The number of nitrogen functional groups attached to an aromatic ring is 1. The van der Waals surface area contributed by atoms with Crippen LogP contribution in [0.5, 0.6) is 0 Å². The molecule has 3 N–H and O–H groups in total. The van der Waals surface area contributed by atoms with Gasteiger partial charge in [0.1, 0.15) is 10.6 Å². The van der Waals surface area contributed by atoms with Crippen molar-refractivity contribution in [3.63, 3.8) is 0 Å². The molecule has 0 saturated heterocycles. The summed E-state index contributed by atoms with van der Waals surface area (Å²) in [6, 6.07) is 2.08. The molecule has 0 spiro atoms. The van der Waals surface area contributed by atoms with Gasteiger partial charge in [0.2, 0.25) is 5.95 Å². The number of nitrogens with one attached hydrogen (secondary N) is 1. The molecule has 6 nitrogen and oxygen atoms in total. The number of anilines is 2. The molecule has 0 bridgehead atoms. The Kier molecular flexibility index (Phi) is 5.33. The van der Waals surface area contributed by atoms with Crippen LogP contribution >= 0.6 is 11.3 Å². The number of nitrogens with zero attached hydrogens (tertiary/aromatic N) is 4. The number of hydrazine groups is 1. The van der Waals surface area contributed by atoms with Gasteiger partial charge in [-0.15, -0.1) is 11.3 Å². The highest BCUT2D eigenvalue weighted by Crippen LogP contribution is 2.29. The molecule has 116 valence electrons. The van der Waals surface area contributed by atoms with E-state index in [1.807, 2.05) is 5.38 Å². The van der Waals surface area contributed by atoms with Crippen molar-refractivity contribution in [2.45, 2.75) is 13.8 Å². The monoisotopic (exact) mass is 308 g/mol. The number of rotatable bonds is 7. The zero-order chi connectivity index (χ0) is 15.4. The van der Waals surface area contributed by atoms with Gasteiger partial charge in [0.15, 0.2) is 0 Å². The Bertz CT molecular complexity index is 580. The number of hydrogen-bond donors (Lipinski definition) is 2. The van der Waals surface area contributed by atoms with Crippen LogP contribution in [-0.2, 0) is 0 Å². The fourth-order valence-corrected chi connectivity index (χ4v) is 2.95. The van der Waals surface area contributed by atoms with Crippen LogP contribution in [0.15, 0.2) is 11.4 Å². The van der Waals surface area contributed by atoms with Crippen LogP contribution in [0.2, 0.25) is 0 Å². The highest BCUT2D eigenvalue weighted by Gasteiger charge is 2.16. The summed E-state index contributed by atoms with van der Waals surface area (Å²) in [5.41, 5.74) is 2.57. The van der Waals surface area contributed by atoms with Crippen molar-refractivity contribution < 1.29 is 0 Å². The summed E-state index contributed by atoms with van der Waals surface area (Å²) in [7, 11) is 4.17. The van der Waals surface area contributed by atoms with Gasteiger partial charge in [-0.25, -0.2) is 10.8 Å². The molecule has 2 aromatic heterocycles. The predicted octanol–water partition coefficient (Wildman–Crippen LogP) is 2.00. The smallest absolute Gasteiger partial charge is 0.240 e. The summed E-state index contributed by atoms with van der Waals surface area (Å²) in [6.07, 6.45) is 0. The first-order chi connectivity index (χ1) is 10.0. The van der Waals surface area contributed by atoms with Crippen molar-refractivity contribution in [2.75, 3.05) is 44.1 Å². The van der Waals surface area contributed by atoms with E-state index in [9.17, 15) is 0 Å². The van der Waals surface area contributed by atoms with Gasteiger partial charge >= 0.3 is 0 Å². The Morgan fingerprint density at radius 1 is 1.29 bits per heavy atom. The van der Waals surface area contributed by atoms with Gasteiger partial charge in [-0.3, -0.25) is 5.43 Å². The second-order valence-electron chi connectivity index (χ2n) is 5.80. The third-order valence-corrected chi connectivity index (χ3v) is 3.94. The molecule has 0 aliphatic carbocycles. The Labute approximate surface area is 129 Å². The molecular weight excluding hydrogens is 284 g/mol. The molecule has 0 radical (unpaired) electrons. The first-order valence-electron chi connectivity index (χ1n) is 7.12. The second-order valence-corrected chi connectivity index (χ2v) is 6.69. The lowest BCUT2D eigenvalue weighted by atomic mass is 10.2. The molecule has 0 unspecified atom stereocenters. The summed E-state index contributed by atoms with van der Waals surface area (Å²) in [6.45, 7) is 7.30. The van der Waals surface area contributed by atoms with Crippen molar-refractivity contribution in [1.82, 2.24) is 14.9 Å². The lowest BCUT2D eigenvalue weighted by Crippen LogP contribution is -2.35. The van der Waals surface area contributed by atoms with E-state index in [1.54, 1.807) is 11.3 Å². The maximum Gasteiger partial charge on any atom is 0.240 e. The number of aromatic nitrogens is 2. The third kappa shape index (κ3) is 4.03. The minimum Gasteiger partial charge on any atom is -0.354 e. The van der Waals surface area contributed by atoms with Crippen molar-refractivity contribution in [3.05, 3.63) is 11.4 Å². The van der Waals surface area contributed by atoms with Crippen LogP contribution in [0.25, 0.3) is 10.2 Å². The average molecular weight is 308 g/mol. The standard InChI is InChI=1S/C14H24N6S/c1-10(2)9-20(7-6-19(3)4)12-11-5-8-21-13(11)17-14(16-12)18-15/h5,8,10H,6-7,9,15H2,1-4H3,(H,16,17,18). The molecule has 0 fully saturated rings. The number of thiophene rings is 1. The van der Waals surface area contributed by atoms with Crippen LogP contribution in [0, 0.1) is 5.92 Å². The van der Waals surface area contributed by atoms with E-state index >= 15 is 0 Å². The van der Waals surface area contributed by atoms with Crippen molar-refractivity contribution in [3.8, 4) is 0 Å². The van der Waals surface area contributed by atoms with Gasteiger partial charge in [0.05, 0.1) is 5.39 Å². The van der Waals surface area contributed by atoms with Gasteiger partial charge in [0, 0.05) is 19.6 Å². The number of likely N-dealkylation sites (N-methyl/N-ethyl adjacent to an activating group) is 1. The molecule has 0 aliphatic rings. The minimum atomic E-state index is 0.471. The Hall–Kier alpha value is -1.44. The zero-order valence-corrected chi connectivity index (χ0v) is 13.9. The number of hydrogen-bond acceptors (Lipinski definition) is 7. The zero-order valence-electron chi connectivity index (χ0n) is 13.1. The van der Waals surface area contributed by atoms with E-state index in [0.717, 1.165) is 35.7 Å². The topological polar surface area (TPSA) is 70.3 Å².